The van der Waals surface area contributed by atoms with Gasteiger partial charge in [-0.2, -0.15) is 0 Å². The number of hydrogen-bond donors (Lipinski definition) is 1. The molecule has 88 valence electrons. The van der Waals surface area contributed by atoms with Crippen LogP contribution in [0.15, 0.2) is 18.2 Å². The van der Waals surface area contributed by atoms with E-state index in [-0.39, 0.29) is 17.4 Å². The first-order valence-corrected chi connectivity index (χ1v) is 6.11. The van der Waals surface area contributed by atoms with Crippen LogP contribution >= 0.6 is 0 Å². The van der Waals surface area contributed by atoms with Gasteiger partial charge in [-0.1, -0.05) is 45.9 Å². The number of rotatable bonds is 2. The van der Waals surface area contributed by atoms with E-state index in [1.165, 1.54) is 23.1 Å². The average Bonchev–Trinajstić information content (AvgIpc) is 2.33. The molecule has 1 nitrogen and oxygen atoms in total. The van der Waals surface area contributed by atoms with Crippen LogP contribution in [-0.2, 0) is 17.3 Å². The summed E-state index contributed by atoms with van der Waals surface area (Å²) < 4.78 is 0. The second kappa shape index (κ2) is 3.59. The summed E-state index contributed by atoms with van der Waals surface area (Å²) in [5.41, 5.74) is 4.77. The number of aliphatic hydroxyl groups is 1. The number of benzene rings is 1. The second-order valence-electron chi connectivity index (χ2n) is 6.30. The predicted molar refractivity (Wildman–Crippen MR) is 67.9 cm³/mol. The molecule has 1 heteroatoms. The molecule has 0 fully saturated rings. The third-order valence-corrected chi connectivity index (χ3v) is 3.83. The minimum absolute atomic E-state index is 0.239. The monoisotopic (exact) mass is 218 g/mol. The molecule has 0 spiro atoms. The van der Waals surface area contributed by atoms with Crippen molar-refractivity contribution >= 4 is 0 Å². The van der Waals surface area contributed by atoms with Crippen LogP contribution in [0.5, 0.6) is 0 Å². The van der Waals surface area contributed by atoms with E-state index >= 15 is 0 Å². The SMILES string of the molecule is CC1(C)CC(C)(C)c2cc(CCO)ccc21. The summed E-state index contributed by atoms with van der Waals surface area (Å²) >= 11 is 0. The highest BCUT2D eigenvalue weighted by Gasteiger charge is 2.41. The van der Waals surface area contributed by atoms with Crippen LogP contribution in [0.25, 0.3) is 0 Å². The van der Waals surface area contributed by atoms with E-state index in [1.807, 2.05) is 0 Å². The van der Waals surface area contributed by atoms with Crippen molar-refractivity contribution in [2.45, 2.75) is 51.4 Å². The molecule has 16 heavy (non-hydrogen) atoms. The topological polar surface area (TPSA) is 20.2 Å². The number of fused-ring (bicyclic) bond motifs is 1. The normalized spacial score (nSPS) is 20.8. The Hall–Kier alpha value is -0.820. The molecule has 1 N–H and O–H groups in total. The first kappa shape index (κ1) is 11.7. The van der Waals surface area contributed by atoms with Crippen LogP contribution < -0.4 is 0 Å². The molecule has 0 unspecified atom stereocenters. The Labute approximate surface area is 98.5 Å². The lowest BCUT2D eigenvalue weighted by molar-refractivity contribution is 0.299. The molecule has 0 radical (unpaired) electrons. The minimum atomic E-state index is 0.239. The first-order chi connectivity index (χ1) is 7.37. The molecule has 0 bridgehead atoms. The highest BCUT2D eigenvalue weighted by atomic mass is 16.2. The molecule has 1 aliphatic carbocycles. The maximum Gasteiger partial charge on any atom is 0.0471 e. The van der Waals surface area contributed by atoms with Crippen molar-refractivity contribution in [2.24, 2.45) is 0 Å². The fourth-order valence-electron chi connectivity index (χ4n) is 3.32. The highest BCUT2D eigenvalue weighted by molar-refractivity contribution is 5.46. The molecule has 0 amide bonds. The predicted octanol–water partition coefficient (Wildman–Crippen LogP) is 3.18. The quantitative estimate of drug-likeness (QED) is 0.808. The van der Waals surface area contributed by atoms with Gasteiger partial charge in [-0.25, -0.2) is 0 Å². The van der Waals surface area contributed by atoms with Gasteiger partial charge in [-0.05, 0) is 40.4 Å². The molecular weight excluding hydrogens is 196 g/mol. The second-order valence-corrected chi connectivity index (χ2v) is 6.30. The van der Waals surface area contributed by atoms with Crippen LogP contribution in [0.4, 0.5) is 0 Å². The zero-order chi connectivity index (χ0) is 12.0. The zero-order valence-corrected chi connectivity index (χ0v) is 10.8. The fraction of sp³-hybridized carbons (Fsp3) is 0.600. The largest absolute Gasteiger partial charge is 0.396 e. The van der Waals surface area contributed by atoms with Gasteiger partial charge in [0.05, 0.1) is 0 Å². The van der Waals surface area contributed by atoms with Crippen LogP contribution in [0, 0.1) is 0 Å². The van der Waals surface area contributed by atoms with Gasteiger partial charge in [0, 0.05) is 6.61 Å². The lowest BCUT2D eigenvalue weighted by atomic mass is 9.82. The first-order valence-electron chi connectivity index (χ1n) is 6.11. The van der Waals surface area contributed by atoms with E-state index in [9.17, 15) is 0 Å². The van der Waals surface area contributed by atoms with Gasteiger partial charge in [-0.3, -0.25) is 0 Å². The Morgan fingerprint density at radius 3 is 2.31 bits per heavy atom. The molecule has 1 aromatic carbocycles. The van der Waals surface area contributed by atoms with Gasteiger partial charge < -0.3 is 5.11 Å². The van der Waals surface area contributed by atoms with Crippen molar-refractivity contribution < 1.29 is 5.11 Å². The van der Waals surface area contributed by atoms with Crippen LogP contribution in [0.1, 0.15) is 50.8 Å². The fourth-order valence-corrected chi connectivity index (χ4v) is 3.32. The number of aliphatic hydroxyl groups excluding tert-OH is 1. The van der Waals surface area contributed by atoms with E-state index in [0.29, 0.717) is 0 Å². The van der Waals surface area contributed by atoms with Gasteiger partial charge in [0.15, 0.2) is 0 Å². The standard InChI is InChI=1S/C15H22O/c1-14(2)10-15(3,4)13-9-11(7-8-16)5-6-12(13)14/h5-6,9,16H,7-8,10H2,1-4H3. The summed E-state index contributed by atoms with van der Waals surface area (Å²) in [6.45, 7) is 9.54. The number of hydrogen-bond acceptors (Lipinski definition) is 1. The Morgan fingerprint density at radius 1 is 1.06 bits per heavy atom. The summed E-state index contributed by atoms with van der Waals surface area (Å²) in [6.07, 6.45) is 1.97. The molecule has 0 aliphatic heterocycles. The molecule has 1 aromatic rings. The summed E-state index contributed by atoms with van der Waals surface area (Å²) in [6, 6.07) is 6.72. The molecule has 0 saturated heterocycles. The van der Waals surface area contributed by atoms with Gasteiger partial charge in [0.2, 0.25) is 0 Å². The summed E-state index contributed by atoms with van der Waals surface area (Å²) in [7, 11) is 0. The van der Waals surface area contributed by atoms with E-state index < -0.39 is 0 Å². The lowest BCUT2D eigenvalue weighted by Gasteiger charge is -2.22. The molecular formula is C15H22O. The Morgan fingerprint density at radius 2 is 1.69 bits per heavy atom. The van der Waals surface area contributed by atoms with Crippen molar-refractivity contribution in [2.75, 3.05) is 6.61 Å². The van der Waals surface area contributed by atoms with Crippen molar-refractivity contribution in [3.8, 4) is 0 Å². The molecule has 1 aliphatic rings. The maximum absolute atomic E-state index is 9.00. The molecule has 2 rings (SSSR count). The van der Waals surface area contributed by atoms with Crippen LogP contribution in [0.3, 0.4) is 0 Å². The average molecular weight is 218 g/mol. The van der Waals surface area contributed by atoms with Gasteiger partial charge >= 0.3 is 0 Å². The third-order valence-electron chi connectivity index (χ3n) is 3.83. The maximum atomic E-state index is 9.00. The van der Waals surface area contributed by atoms with E-state index in [1.54, 1.807) is 0 Å². The van der Waals surface area contributed by atoms with Gasteiger partial charge in [0.25, 0.3) is 0 Å². The van der Waals surface area contributed by atoms with Crippen molar-refractivity contribution in [3.05, 3.63) is 34.9 Å². The lowest BCUT2D eigenvalue weighted by Crippen LogP contribution is -2.18. The smallest absolute Gasteiger partial charge is 0.0471 e. The van der Waals surface area contributed by atoms with Crippen LogP contribution in [-0.4, -0.2) is 11.7 Å². The van der Waals surface area contributed by atoms with E-state index in [4.69, 9.17) is 5.11 Å². The molecule has 0 heterocycles. The van der Waals surface area contributed by atoms with Crippen molar-refractivity contribution in [3.63, 3.8) is 0 Å². The minimum Gasteiger partial charge on any atom is -0.396 e. The molecule has 0 saturated carbocycles. The van der Waals surface area contributed by atoms with Crippen molar-refractivity contribution in [1.29, 1.82) is 0 Å². The van der Waals surface area contributed by atoms with E-state index in [2.05, 4.69) is 45.9 Å². The Kier molecular flexibility index (Phi) is 2.62. The molecule has 0 aromatic heterocycles. The Balaban J connectivity index is 2.50. The van der Waals surface area contributed by atoms with Crippen molar-refractivity contribution in [1.82, 2.24) is 0 Å². The summed E-state index contributed by atoms with van der Waals surface area (Å²) in [4.78, 5) is 0. The van der Waals surface area contributed by atoms with Crippen LogP contribution in [0.2, 0.25) is 0 Å². The summed E-state index contributed by atoms with van der Waals surface area (Å²) in [5.74, 6) is 0. The molecule has 0 atom stereocenters. The zero-order valence-electron chi connectivity index (χ0n) is 10.8. The summed E-state index contributed by atoms with van der Waals surface area (Å²) in [5, 5.41) is 9.00. The van der Waals surface area contributed by atoms with E-state index in [0.717, 1.165) is 6.42 Å². The third kappa shape index (κ3) is 1.78. The van der Waals surface area contributed by atoms with Gasteiger partial charge in [0.1, 0.15) is 0 Å². The van der Waals surface area contributed by atoms with Gasteiger partial charge in [-0.15, -0.1) is 0 Å². The Bertz CT molecular complexity index is 402. The highest BCUT2D eigenvalue weighted by Crippen LogP contribution is 2.49.